The summed E-state index contributed by atoms with van der Waals surface area (Å²) in [6.45, 7) is 2.26. The number of rotatable bonds is 4. The maximum absolute atomic E-state index is 13.0. The van der Waals surface area contributed by atoms with E-state index in [4.69, 9.17) is 0 Å². The zero-order valence-electron chi connectivity index (χ0n) is 14.1. The molecule has 132 valence electrons. The molecule has 0 unspecified atom stereocenters. The number of amides is 1. The van der Waals surface area contributed by atoms with Gasteiger partial charge in [0.05, 0.1) is 0 Å². The molecule has 2 heterocycles. The van der Waals surface area contributed by atoms with Crippen LogP contribution < -0.4 is 10.2 Å². The van der Waals surface area contributed by atoms with Crippen LogP contribution in [0.2, 0.25) is 0 Å². The lowest BCUT2D eigenvalue weighted by molar-refractivity contribution is -0.127. The Morgan fingerprint density at radius 2 is 1.88 bits per heavy atom. The highest BCUT2D eigenvalue weighted by Gasteiger charge is 2.23. The van der Waals surface area contributed by atoms with Gasteiger partial charge in [-0.15, -0.1) is 0 Å². The maximum Gasteiger partial charge on any atom is 0.266 e. The van der Waals surface area contributed by atoms with Gasteiger partial charge in [0.1, 0.15) is 23.3 Å². The van der Waals surface area contributed by atoms with E-state index >= 15 is 0 Å². The number of hydrogen-bond donors (Lipinski definition) is 1. The summed E-state index contributed by atoms with van der Waals surface area (Å²) in [5, 5.41) is 12.2. The molecule has 1 aliphatic heterocycles. The summed E-state index contributed by atoms with van der Waals surface area (Å²) in [6, 6.07) is 13.6. The van der Waals surface area contributed by atoms with Crippen molar-refractivity contribution in [1.29, 1.82) is 5.26 Å². The van der Waals surface area contributed by atoms with Crippen LogP contribution in [-0.2, 0) is 4.79 Å². The van der Waals surface area contributed by atoms with Crippen LogP contribution in [0.3, 0.4) is 0 Å². The zero-order chi connectivity index (χ0) is 18.4. The number of anilines is 2. The van der Waals surface area contributed by atoms with E-state index < -0.39 is 0 Å². The SMILES string of the molecule is N#C/C(=C/Nc1ccccn1)C(=O)N1CCN(c2ccc(F)cc2)CC1. The molecule has 6 nitrogen and oxygen atoms in total. The van der Waals surface area contributed by atoms with E-state index in [2.05, 4.69) is 15.2 Å². The predicted molar refractivity (Wildman–Crippen MR) is 96.7 cm³/mol. The van der Waals surface area contributed by atoms with Gasteiger partial charge in [-0.05, 0) is 36.4 Å². The quantitative estimate of drug-likeness (QED) is 0.676. The van der Waals surface area contributed by atoms with Crippen LogP contribution in [-0.4, -0.2) is 42.0 Å². The number of nitriles is 1. The highest BCUT2D eigenvalue weighted by Crippen LogP contribution is 2.17. The molecule has 1 saturated heterocycles. The number of hydrogen-bond acceptors (Lipinski definition) is 5. The monoisotopic (exact) mass is 351 g/mol. The van der Waals surface area contributed by atoms with Crippen LogP contribution in [0.5, 0.6) is 0 Å². The maximum atomic E-state index is 13.0. The molecule has 3 rings (SSSR count). The van der Waals surface area contributed by atoms with Gasteiger partial charge in [0, 0.05) is 44.3 Å². The van der Waals surface area contributed by atoms with Crippen molar-refractivity contribution in [2.24, 2.45) is 0 Å². The molecule has 1 aromatic heterocycles. The molecule has 1 N–H and O–H groups in total. The Kier molecular flexibility index (Phi) is 5.44. The number of aromatic nitrogens is 1. The second kappa shape index (κ2) is 8.12. The van der Waals surface area contributed by atoms with Crippen LogP contribution >= 0.6 is 0 Å². The summed E-state index contributed by atoms with van der Waals surface area (Å²) in [4.78, 5) is 20.4. The van der Waals surface area contributed by atoms with Crippen molar-refractivity contribution in [2.45, 2.75) is 0 Å². The number of pyridine rings is 1. The summed E-state index contributed by atoms with van der Waals surface area (Å²) in [5.41, 5.74) is 0.956. The van der Waals surface area contributed by atoms with Crippen molar-refractivity contribution in [3.05, 3.63) is 66.3 Å². The fourth-order valence-corrected chi connectivity index (χ4v) is 2.73. The van der Waals surface area contributed by atoms with Gasteiger partial charge in [-0.3, -0.25) is 4.79 Å². The largest absolute Gasteiger partial charge is 0.368 e. The molecule has 0 saturated carbocycles. The Hall–Kier alpha value is -3.40. The van der Waals surface area contributed by atoms with Gasteiger partial charge in [-0.25, -0.2) is 9.37 Å². The standard InChI is InChI=1S/C19H18FN5O/c20-16-4-6-17(7-5-16)24-9-11-25(12-10-24)19(26)15(13-21)14-23-18-3-1-2-8-22-18/h1-8,14H,9-12H2,(H,22,23)/b15-14-. The molecule has 0 radical (unpaired) electrons. The minimum atomic E-state index is -0.310. The van der Waals surface area contributed by atoms with Crippen molar-refractivity contribution >= 4 is 17.4 Å². The van der Waals surface area contributed by atoms with E-state index in [0.717, 1.165) is 5.69 Å². The molecule has 1 aliphatic rings. The van der Waals surface area contributed by atoms with Gasteiger partial charge in [-0.2, -0.15) is 5.26 Å². The summed E-state index contributed by atoms with van der Waals surface area (Å²) in [7, 11) is 0. The van der Waals surface area contributed by atoms with E-state index in [1.54, 1.807) is 35.4 Å². The van der Waals surface area contributed by atoms with Crippen molar-refractivity contribution in [2.75, 3.05) is 36.4 Å². The molecule has 1 aromatic carbocycles. The van der Waals surface area contributed by atoms with E-state index in [0.29, 0.717) is 32.0 Å². The van der Waals surface area contributed by atoms with E-state index in [1.165, 1.54) is 18.3 Å². The molecule has 1 amide bonds. The van der Waals surface area contributed by atoms with Gasteiger partial charge < -0.3 is 15.1 Å². The second-order valence-electron chi connectivity index (χ2n) is 5.78. The lowest BCUT2D eigenvalue weighted by Crippen LogP contribution is -2.49. The third-order valence-corrected chi connectivity index (χ3v) is 4.14. The lowest BCUT2D eigenvalue weighted by Gasteiger charge is -2.36. The Labute approximate surface area is 151 Å². The number of nitrogens with one attached hydrogen (secondary N) is 1. The fourth-order valence-electron chi connectivity index (χ4n) is 2.73. The van der Waals surface area contributed by atoms with Crippen LogP contribution in [0, 0.1) is 17.1 Å². The number of halogens is 1. The number of carbonyl (C=O) groups excluding carboxylic acids is 1. The highest BCUT2D eigenvalue weighted by molar-refractivity contribution is 5.97. The van der Waals surface area contributed by atoms with Gasteiger partial charge >= 0.3 is 0 Å². The van der Waals surface area contributed by atoms with Gasteiger partial charge in [0.15, 0.2) is 0 Å². The van der Waals surface area contributed by atoms with Crippen LogP contribution in [0.15, 0.2) is 60.4 Å². The second-order valence-corrected chi connectivity index (χ2v) is 5.78. The first-order valence-corrected chi connectivity index (χ1v) is 8.25. The van der Waals surface area contributed by atoms with Crippen molar-refractivity contribution in [1.82, 2.24) is 9.88 Å². The number of nitrogens with zero attached hydrogens (tertiary/aromatic N) is 4. The van der Waals surface area contributed by atoms with Crippen molar-refractivity contribution < 1.29 is 9.18 Å². The topological polar surface area (TPSA) is 72.3 Å². The molecular weight excluding hydrogens is 333 g/mol. The van der Waals surface area contributed by atoms with Crippen LogP contribution in [0.4, 0.5) is 15.9 Å². The van der Waals surface area contributed by atoms with Crippen LogP contribution in [0.1, 0.15) is 0 Å². The molecule has 1 fully saturated rings. The first-order chi connectivity index (χ1) is 12.7. The molecule has 2 aromatic rings. The lowest BCUT2D eigenvalue weighted by atomic mass is 10.2. The number of piperazine rings is 1. The Balaban J connectivity index is 1.60. The molecule has 26 heavy (non-hydrogen) atoms. The van der Waals surface area contributed by atoms with Gasteiger partial charge in [-0.1, -0.05) is 6.07 Å². The Bertz CT molecular complexity index is 821. The Morgan fingerprint density at radius 3 is 2.50 bits per heavy atom. The molecule has 0 aliphatic carbocycles. The van der Waals surface area contributed by atoms with Crippen LogP contribution in [0.25, 0.3) is 0 Å². The molecule has 7 heteroatoms. The fraction of sp³-hybridized carbons (Fsp3) is 0.211. The first kappa shape index (κ1) is 17.4. The predicted octanol–water partition coefficient (Wildman–Crippen LogP) is 2.39. The first-order valence-electron chi connectivity index (χ1n) is 8.25. The normalized spacial score (nSPS) is 14.7. The van der Waals surface area contributed by atoms with E-state index in [9.17, 15) is 14.4 Å². The number of carbonyl (C=O) groups is 1. The smallest absolute Gasteiger partial charge is 0.266 e. The van der Waals surface area contributed by atoms with Gasteiger partial charge in [0.25, 0.3) is 5.91 Å². The molecule has 0 bridgehead atoms. The minimum Gasteiger partial charge on any atom is -0.368 e. The summed E-state index contributed by atoms with van der Waals surface area (Å²) in [5.74, 6) is -0.0179. The summed E-state index contributed by atoms with van der Waals surface area (Å²) in [6.07, 6.45) is 3.01. The third kappa shape index (κ3) is 4.16. The third-order valence-electron chi connectivity index (χ3n) is 4.14. The van der Waals surface area contributed by atoms with E-state index in [-0.39, 0.29) is 17.3 Å². The van der Waals surface area contributed by atoms with Crippen molar-refractivity contribution in [3.8, 4) is 6.07 Å². The molecule has 0 atom stereocenters. The molecule has 0 spiro atoms. The Morgan fingerprint density at radius 1 is 1.15 bits per heavy atom. The van der Waals surface area contributed by atoms with Gasteiger partial charge in [0.2, 0.25) is 0 Å². The van der Waals surface area contributed by atoms with Crippen molar-refractivity contribution in [3.63, 3.8) is 0 Å². The highest BCUT2D eigenvalue weighted by atomic mass is 19.1. The minimum absolute atomic E-state index is 0.0332. The number of benzene rings is 1. The zero-order valence-corrected chi connectivity index (χ0v) is 14.1. The average Bonchev–Trinajstić information content (AvgIpc) is 2.70. The summed E-state index contributed by atoms with van der Waals surface area (Å²) >= 11 is 0. The van der Waals surface area contributed by atoms with E-state index in [1.807, 2.05) is 12.1 Å². The summed E-state index contributed by atoms with van der Waals surface area (Å²) < 4.78 is 13.0. The molecular formula is C19H18FN5O. The average molecular weight is 351 g/mol.